The maximum absolute atomic E-state index is 13.9. The van der Waals surface area contributed by atoms with Crippen molar-refractivity contribution in [2.45, 2.75) is 136 Å². The van der Waals surface area contributed by atoms with E-state index in [1.165, 1.54) is 115 Å². The molecule has 4 heteroatoms. The van der Waals surface area contributed by atoms with Crippen LogP contribution in [0, 0.1) is 23.6 Å². The average Bonchev–Trinajstić information content (AvgIpc) is 2.85. The van der Waals surface area contributed by atoms with E-state index in [1.807, 2.05) is 0 Å². The number of carboxylic acid groups (broad SMARTS) is 1. The lowest BCUT2D eigenvalue weighted by molar-refractivity contribution is 0.144. The van der Waals surface area contributed by atoms with Gasteiger partial charge < -0.3 is 9.84 Å². The van der Waals surface area contributed by atoms with Crippen LogP contribution in [0.5, 0.6) is 5.75 Å². The summed E-state index contributed by atoms with van der Waals surface area (Å²) in [4.78, 5) is 10.4. The van der Waals surface area contributed by atoms with Gasteiger partial charge in [0.1, 0.15) is 11.6 Å². The topological polar surface area (TPSA) is 46.5 Å². The van der Waals surface area contributed by atoms with Gasteiger partial charge in [0.25, 0.3) is 0 Å². The monoisotopic (exact) mass is 490 g/mol. The SMILES string of the molecule is CCCC1CCC(CCc2ccc(OC(=O)O)cc2F)CC1.CCCCCCCC1CCCCC1. The van der Waals surface area contributed by atoms with E-state index in [1.54, 1.807) is 6.07 Å². The van der Waals surface area contributed by atoms with Gasteiger partial charge in [0.2, 0.25) is 0 Å². The smallest absolute Gasteiger partial charge is 0.449 e. The lowest BCUT2D eigenvalue weighted by Crippen LogP contribution is -2.15. The van der Waals surface area contributed by atoms with E-state index in [0.29, 0.717) is 17.9 Å². The van der Waals surface area contributed by atoms with Crippen molar-refractivity contribution in [2.75, 3.05) is 0 Å². The molecule has 2 aliphatic rings. The minimum absolute atomic E-state index is 0.0359. The van der Waals surface area contributed by atoms with E-state index in [4.69, 9.17) is 5.11 Å². The highest BCUT2D eigenvalue weighted by molar-refractivity contribution is 5.61. The Labute approximate surface area is 214 Å². The van der Waals surface area contributed by atoms with Crippen molar-refractivity contribution in [3.05, 3.63) is 29.6 Å². The third-order valence-corrected chi connectivity index (χ3v) is 8.16. The van der Waals surface area contributed by atoms with Gasteiger partial charge in [-0.15, -0.1) is 0 Å². The number of aryl methyl sites for hydroxylation is 1. The first-order chi connectivity index (χ1) is 17.0. The fraction of sp³-hybridized carbons (Fsp3) is 0.774. The standard InChI is InChI=1S/C18H25FO3.C13H26/c1-2-3-13-4-6-14(7-5-13)8-9-15-10-11-16(12-17(15)19)22-18(20)21;1-2-3-4-5-7-10-13-11-8-6-9-12-13/h10-14H,2-9H2,1H3,(H,20,21);13H,2-12H2,1H3. The number of rotatable bonds is 12. The molecule has 2 fully saturated rings. The Bertz CT molecular complexity index is 690. The molecular formula is C31H51FO3. The maximum atomic E-state index is 13.9. The largest absolute Gasteiger partial charge is 0.511 e. The summed E-state index contributed by atoms with van der Waals surface area (Å²) in [6.45, 7) is 4.54. The Morgan fingerprint density at radius 2 is 1.46 bits per heavy atom. The molecule has 0 saturated heterocycles. The van der Waals surface area contributed by atoms with Crippen molar-refractivity contribution in [3.8, 4) is 5.75 Å². The van der Waals surface area contributed by atoms with Crippen LogP contribution >= 0.6 is 0 Å². The van der Waals surface area contributed by atoms with Crippen molar-refractivity contribution in [1.82, 2.24) is 0 Å². The number of unbranched alkanes of at least 4 members (excludes halogenated alkanes) is 4. The predicted octanol–water partition coefficient (Wildman–Crippen LogP) is 10.3. The molecule has 35 heavy (non-hydrogen) atoms. The number of benzene rings is 1. The minimum atomic E-state index is -1.42. The molecule has 0 heterocycles. The molecule has 0 aliphatic heterocycles. The first kappa shape index (κ1) is 29.6. The zero-order valence-electron chi connectivity index (χ0n) is 22.5. The molecule has 1 N–H and O–H groups in total. The lowest BCUT2D eigenvalue weighted by Gasteiger charge is -2.28. The molecule has 2 saturated carbocycles. The average molecular weight is 491 g/mol. The number of hydrogen-bond acceptors (Lipinski definition) is 2. The van der Waals surface area contributed by atoms with Crippen LogP contribution in [0.2, 0.25) is 0 Å². The molecule has 0 radical (unpaired) electrons. The Hall–Kier alpha value is -1.58. The summed E-state index contributed by atoms with van der Waals surface area (Å²) in [6, 6.07) is 4.31. The summed E-state index contributed by atoms with van der Waals surface area (Å²) in [5, 5.41) is 8.52. The maximum Gasteiger partial charge on any atom is 0.511 e. The van der Waals surface area contributed by atoms with Crippen LogP contribution in [-0.2, 0) is 6.42 Å². The van der Waals surface area contributed by atoms with Crippen molar-refractivity contribution < 1.29 is 19.0 Å². The van der Waals surface area contributed by atoms with Crippen molar-refractivity contribution in [1.29, 1.82) is 0 Å². The summed E-state index contributed by atoms with van der Waals surface area (Å²) in [6.07, 6.45) is 24.5. The van der Waals surface area contributed by atoms with Crippen LogP contribution in [-0.4, -0.2) is 11.3 Å². The van der Waals surface area contributed by atoms with Gasteiger partial charge in [-0.1, -0.05) is 129 Å². The van der Waals surface area contributed by atoms with Crippen molar-refractivity contribution in [2.24, 2.45) is 17.8 Å². The van der Waals surface area contributed by atoms with Gasteiger partial charge in [0.15, 0.2) is 0 Å². The van der Waals surface area contributed by atoms with Crippen molar-refractivity contribution >= 4 is 6.16 Å². The number of ether oxygens (including phenoxy) is 1. The van der Waals surface area contributed by atoms with Crippen LogP contribution < -0.4 is 4.74 Å². The van der Waals surface area contributed by atoms with Gasteiger partial charge in [-0.05, 0) is 42.2 Å². The quantitative estimate of drug-likeness (QED) is 0.180. The molecule has 3 rings (SSSR count). The molecule has 0 atom stereocenters. The van der Waals surface area contributed by atoms with Crippen LogP contribution in [0.4, 0.5) is 9.18 Å². The molecule has 1 aromatic carbocycles. The highest BCUT2D eigenvalue weighted by Crippen LogP contribution is 2.34. The van der Waals surface area contributed by atoms with E-state index in [-0.39, 0.29) is 11.6 Å². The molecule has 0 aromatic heterocycles. The molecule has 0 bridgehead atoms. The molecule has 0 spiro atoms. The summed E-state index contributed by atoms with van der Waals surface area (Å²) in [5.41, 5.74) is 0.647. The van der Waals surface area contributed by atoms with E-state index < -0.39 is 6.16 Å². The van der Waals surface area contributed by atoms with Gasteiger partial charge in [0.05, 0.1) is 0 Å². The summed E-state index contributed by atoms with van der Waals surface area (Å²) in [5.74, 6) is 2.36. The predicted molar refractivity (Wildman–Crippen MR) is 144 cm³/mol. The zero-order chi connectivity index (χ0) is 25.3. The number of hydrogen-bond donors (Lipinski definition) is 1. The van der Waals surface area contributed by atoms with Gasteiger partial charge in [-0.25, -0.2) is 9.18 Å². The van der Waals surface area contributed by atoms with Gasteiger partial charge in [0, 0.05) is 6.07 Å². The summed E-state index contributed by atoms with van der Waals surface area (Å²) >= 11 is 0. The molecular weight excluding hydrogens is 439 g/mol. The van der Waals surface area contributed by atoms with Gasteiger partial charge >= 0.3 is 6.16 Å². The minimum Gasteiger partial charge on any atom is -0.449 e. The molecule has 2 aliphatic carbocycles. The Kier molecular flexibility index (Phi) is 15.1. The molecule has 3 nitrogen and oxygen atoms in total. The van der Waals surface area contributed by atoms with E-state index in [0.717, 1.165) is 24.3 Å². The fourth-order valence-corrected chi connectivity index (χ4v) is 5.98. The third-order valence-electron chi connectivity index (χ3n) is 8.16. The van der Waals surface area contributed by atoms with Crippen LogP contribution in [0.15, 0.2) is 18.2 Å². The second-order valence-electron chi connectivity index (χ2n) is 11.0. The van der Waals surface area contributed by atoms with Gasteiger partial charge in [-0.3, -0.25) is 0 Å². The van der Waals surface area contributed by atoms with Gasteiger partial charge in [-0.2, -0.15) is 0 Å². The van der Waals surface area contributed by atoms with E-state index in [9.17, 15) is 9.18 Å². The molecule has 0 amide bonds. The first-order valence-electron chi connectivity index (χ1n) is 14.7. The molecule has 1 aromatic rings. The third kappa shape index (κ3) is 12.8. The Morgan fingerprint density at radius 1 is 0.829 bits per heavy atom. The normalized spacial score (nSPS) is 20.7. The highest BCUT2D eigenvalue weighted by Gasteiger charge is 2.21. The highest BCUT2D eigenvalue weighted by atomic mass is 19.1. The molecule has 0 unspecified atom stereocenters. The second-order valence-corrected chi connectivity index (χ2v) is 11.0. The van der Waals surface area contributed by atoms with Crippen LogP contribution in [0.3, 0.4) is 0 Å². The summed E-state index contributed by atoms with van der Waals surface area (Å²) in [7, 11) is 0. The molecule has 200 valence electrons. The van der Waals surface area contributed by atoms with Crippen LogP contribution in [0.25, 0.3) is 0 Å². The van der Waals surface area contributed by atoms with Crippen molar-refractivity contribution in [3.63, 3.8) is 0 Å². The Morgan fingerprint density at radius 3 is 2.06 bits per heavy atom. The summed E-state index contributed by atoms with van der Waals surface area (Å²) < 4.78 is 18.4. The van der Waals surface area contributed by atoms with Crippen LogP contribution in [0.1, 0.15) is 135 Å². The zero-order valence-corrected chi connectivity index (χ0v) is 22.5. The van der Waals surface area contributed by atoms with E-state index in [2.05, 4.69) is 18.6 Å². The fourth-order valence-electron chi connectivity index (χ4n) is 5.98. The number of halogens is 1. The second kappa shape index (κ2) is 17.8. The Balaban J connectivity index is 0.000000283. The van der Waals surface area contributed by atoms with E-state index >= 15 is 0 Å². The lowest BCUT2D eigenvalue weighted by atomic mass is 9.78. The first-order valence-corrected chi connectivity index (χ1v) is 14.7. The number of carbonyl (C=O) groups is 1.